The average Bonchev–Trinajstić information content (AvgIpc) is 3.19. The SMILES string of the molecule is CC(Oc1ccccc1)C(=O)OC(C)c1nnc(-c2ccc([N+](=O)[O-])cc2)o1. The number of aromatic nitrogens is 2. The third-order valence-corrected chi connectivity index (χ3v) is 3.79. The molecule has 0 aliphatic rings. The molecule has 1 heterocycles. The van der Waals surface area contributed by atoms with Gasteiger partial charge in [0.05, 0.1) is 4.92 Å². The van der Waals surface area contributed by atoms with Crippen molar-refractivity contribution < 1.29 is 23.6 Å². The Labute approximate surface area is 160 Å². The van der Waals surface area contributed by atoms with Crippen LogP contribution in [0.1, 0.15) is 25.8 Å². The molecule has 28 heavy (non-hydrogen) atoms. The number of nitro benzene ring substituents is 1. The lowest BCUT2D eigenvalue weighted by Gasteiger charge is -2.16. The van der Waals surface area contributed by atoms with Crippen LogP contribution in [0, 0.1) is 10.1 Å². The maximum atomic E-state index is 12.2. The largest absolute Gasteiger partial charge is 0.479 e. The summed E-state index contributed by atoms with van der Waals surface area (Å²) in [5.74, 6) is 0.249. The number of esters is 1. The lowest BCUT2D eigenvalue weighted by atomic mass is 10.2. The normalized spacial score (nSPS) is 12.8. The Morgan fingerprint density at radius 2 is 1.75 bits per heavy atom. The van der Waals surface area contributed by atoms with Gasteiger partial charge in [-0.05, 0) is 38.1 Å². The molecule has 2 unspecified atom stereocenters. The number of para-hydroxylation sites is 1. The van der Waals surface area contributed by atoms with E-state index in [1.54, 1.807) is 38.1 Å². The Kier molecular flexibility index (Phi) is 5.64. The third kappa shape index (κ3) is 4.50. The minimum absolute atomic E-state index is 0.0433. The van der Waals surface area contributed by atoms with E-state index in [9.17, 15) is 14.9 Å². The molecule has 2 aromatic carbocycles. The topological polar surface area (TPSA) is 118 Å². The standard InChI is InChI=1S/C19H17N3O6/c1-12(27-19(23)13(2)26-16-6-4-3-5-7-16)17-20-21-18(28-17)14-8-10-15(11-9-14)22(24)25/h3-13H,1-2H3. The molecule has 0 amide bonds. The summed E-state index contributed by atoms with van der Waals surface area (Å²) in [6.45, 7) is 3.18. The van der Waals surface area contributed by atoms with Crippen molar-refractivity contribution in [3.63, 3.8) is 0 Å². The fourth-order valence-electron chi connectivity index (χ4n) is 2.31. The molecule has 3 aromatic rings. The summed E-state index contributed by atoms with van der Waals surface area (Å²) in [4.78, 5) is 22.4. The molecule has 0 bridgehead atoms. The van der Waals surface area contributed by atoms with Crippen LogP contribution in [-0.2, 0) is 9.53 Å². The minimum Gasteiger partial charge on any atom is -0.479 e. The highest BCUT2D eigenvalue weighted by atomic mass is 16.6. The zero-order chi connectivity index (χ0) is 20.1. The minimum atomic E-state index is -0.818. The highest BCUT2D eigenvalue weighted by molar-refractivity contribution is 5.74. The average molecular weight is 383 g/mol. The van der Waals surface area contributed by atoms with Crippen molar-refractivity contribution in [3.05, 3.63) is 70.6 Å². The summed E-state index contributed by atoms with van der Waals surface area (Å²) in [6.07, 6.45) is -1.60. The number of ether oxygens (including phenoxy) is 2. The predicted octanol–water partition coefficient (Wildman–Crippen LogP) is 3.72. The fourth-order valence-corrected chi connectivity index (χ4v) is 2.31. The van der Waals surface area contributed by atoms with Crippen LogP contribution in [0.5, 0.6) is 5.75 Å². The summed E-state index contributed by atoms with van der Waals surface area (Å²) < 4.78 is 16.4. The second kappa shape index (κ2) is 8.30. The smallest absolute Gasteiger partial charge is 0.347 e. The lowest BCUT2D eigenvalue weighted by molar-refractivity contribution is -0.384. The van der Waals surface area contributed by atoms with E-state index in [4.69, 9.17) is 13.9 Å². The number of hydrogen-bond donors (Lipinski definition) is 0. The van der Waals surface area contributed by atoms with Gasteiger partial charge in [0.2, 0.25) is 5.89 Å². The molecule has 0 saturated carbocycles. The first-order valence-electron chi connectivity index (χ1n) is 8.44. The summed E-state index contributed by atoms with van der Waals surface area (Å²) in [7, 11) is 0. The summed E-state index contributed by atoms with van der Waals surface area (Å²) >= 11 is 0. The number of non-ortho nitro benzene ring substituents is 1. The molecule has 0 radical (unpaired) electrons. The molecule has 0 saturated heterocycles. The maximum absolute atomic E-state index is 12.2. The van der Waals surface area contributed by atoms with Gasteiger partial charge in [-0.3, -0.25) is 10.1 Å². The van der Waals surface area contributed by atoms with Crippen molar-refractivity contribution in [1.29, 1.82) is 0 Å². The van der Waals surface area contributed by atoms with Crippen molar-refractivity contribution in [3.8, 4) is 17.2 Å². The predicted molar refractivity (Wildman–Crippen MR) is 97.4 cm³/mol. The van der Waals surface area contributed by atoms with Crippen LogP contribution in [0.15, 0.2) is 59.0 Å². The van der Waals surface area contributed by atoms with Crippen LogP contribution < -0.4 is 4.74 Å². The Balaban J connectivity index is 1.62. The molecule has 0 aliphatic heterocycles. The van der Waals surface area contributed by atoms with Gasteiger partial charge < -0.3 is 13.9 Å². The van der Waals surface area contributed by atoms with Gasteiger partial charge in [-0.1, -0.05) is 18.2 Å². The van der Waals surface area contributed by atoms with Crippen LogP contribution in [0.2, 0.25) is 0 Å². The van der Waals surface area contributed by atoms with E-state index in [0.29, 0.717) is 11.3 Å². The van der Waals surface area contributed by atoms with Crippen LogP contribution >= 0.6 is 0 Å². The van der Waals surface area contributed by atoms with Crippen molar-refractivity contribution >= 4 is 11.7 Å². The van der Waals surface area contributed by atoms with Gasteiger partial charge in [0.25, 0.3) is 11.6 Å². The summed E-state index contributed by atoms with van der Waals surface area (Å²) in [6, 6.07) is 14.6. The zero-order valence-electron chi connectivity index (χ0n) is 15.1. The number of nitrogens with zero attached hydrogens (tertiary/aromatic N) is 3. The molecule has 1 aromatic heterocycles. The van der Waals surface area contributed by atoms with Gasteiger partial charge in [-0.25, -0.2) is 4.79 Å². The second-order valence-corrected chi connectivity index (χ2v) is 5.90. The van der Waals surface area contributed by atoms with E-state index in [1.807, 2.05) is 6.07 Å². The Morgan fingerprint density at radius 1 is 1.07 bits per heavy atom. The molecule has 0 fully saturated rings. The van der Waals surface area contributed by atoms with Crippen molar-refractivity contribution in [1.82, 2.24) is 10.2 Å². The van der Waals surface area contributed by atoms with Crippen LogP contribution in [0.25, 0.3) is 11.5 Å². The van der Waals surface area contributed by atoms with Crippen LogP contribution in [-0.4, -0.2) is 27.2 Å². The molecule has 9 heteroatoms. The molecule has 144 valence electrons. The van der Waals surface area contributed by atoms with Gasteiger partial charge in [0, 0.05) is 17.7 Å². The molecule has 2 atom stereocenters. The number of carbonyl (C=O) groups excluding carboxylic acids is 1. The van der Waals surface area contributed by atoms with Crippen molar-refractivity contribution in [2.75, 3.05) is 0 Å². The van der Waals surface area contributed by atoms with Gasteiger partial charge in [-0.2, -0.15) is 0 Å². The molecule has 0 spiro atoms. The number of hydrogen-bond acceptors (Lipinski definition) is 8. The van der Waals surface area contributed by atoms with Gasteiger partial charge >= 0.3 is 5.97 Å². The zero-order valence-corrected chi connectivity index (χ0v) is 15.1. The first kappa shape index (κ1) is 19.0. The quantitative estimate of drug-likeness (QED) is 0.344. The first-order chi connectivity index (χ1) is 13.4. The summed E-state index contributed by atoms with van der Waals surface area (Å²) in [5.41, 5.74) is 0.474. The van der Waals surface area contributed by atoms with Crippen molar-refractivity contribution in [2.24, 2.45) is 0 Å². The van der Waals surface area contributed by atoms with Crippen LogP contribution in [0.4, 0.5) is 5.69 Å². The Hall–Kier alpha value is -3.75. The highest BCUT2D eigenvalue weighted by Gasteiger charge is 2.23. The first-order valence-corrected chi connectivity index (χ1v) is 8.44. The molecular formula is C19H17N3O6. The molecule has 9 nitrogen and oxygen atoms in total. The molecule has 3 rings (SSSR count). The monoisotopic (exact) mass is 383 g/mol. The van der Waals surface area contributed by atoms with Gasteiger partial charge in [0.1, 0.15) is 5.75 Å². The highest BCUT2D eigenvalue weighted by Crippen LogP contribution is 2.24. The Morgan fingerprint density at radius 3 is 2.39 bits per heavy atom. The number of rotatable bonds is 7. The van der Waals surface area contributed by atoms with Gasteiger partial charge in [0.15, 0.2) is 12.2 Å². The van der Waals surface area contributed by atoms with E-state index in [0.717, 1.165) is 0 Å². The summed E-state index contributed by atoms with van der Waals surface area (Å²) in [5, 5.41) is 18.5. The number of nitro groups is 1. The number of benzene rings is 2. The van der Waals surface area contributed by atoms with E-state index in [1.165, 1.54) is 24.3 Å². The lowest BCUT2D eigenvalue weighted by Crippen LogP contribution is -2.27. The molecule has 0 aliphatic carbocycles. The number of carbonyl (C=O) groups is 1. The Bertz CT molecular complexity index is 955. The third-order valence-electron chi connectivity index (χ3n) is 3.79. The van der Waals surface area contributed by atoms with E-state index < -0.39 is 23.1 Å². The van der Waals surface area contributed by atoms with E-state index >= 15 is 0 Å². The maximum Gasteiger partial charge on any atom is 0.347 e. The van der Waals surface area contributed by atoms with Crippen molar-refractivity contribution in [2.45, 2.75) is 26.1 Å². The molecule has 0 N–H and O–H groups in total. The van der Waals surface area contributed by atoms with E-state index in [2.05, 4.69) is 10.2 Å². The fraction of sp³-hybridized carbons (Fsp3) is 0.211. The van der Waals surface area contributed by atoms with E-state index in [-0.39, 0.29) is 17.5 Å². The van der Waals surface area contributed by atoms with Gasteiger partial charge in [-0.15, -0.1) is 10.2 Å². The second-order valence-electron chi connectivity index (χ2n) is 5.90. The van der Waals surface area contributed by atoms with Crippen LogP contribution in [0.3, 0.4) is 0 Å². The molecular weight excluding hydrogens is 366 g/mol.